The smallest absolute Gasteiger partial charge is 0.309 e. The van der Waals surface area contributed by atoms with Crippen LogP contribution in [0.3, 0.4) is 0 Å². The van der Waals surface area contributed by atoms with E-state index >= 15 is 0 Å². The van der Waals surface area contributed by atoms with Crippen LogP contribution in [0.15, 0.2) is 12.2 Å². The van der Waals surface area contributed by atoms with E-state index in [-0.39, 0.29) is 62.7 Å². The van der Waals surface area contributed by atoms with Gasteiger partial charge in [-0.2, -0.15) is 0 Å². The molecule has 306 valence electrons. The van der Waals surface area contributed by atoms with Gasteiger partial charge in [0.1, 0.15) is 6.10 Å². The van der Waals surface area contributed by atoms with Gasteiger partial charge in [0.25, 0.3) is 0 Å². The first-order chi connectivity index (χ1) is 25.0. The SMILES string of the molecule is C=C(C)[C@@H]1CC[C@]2(NC[C@@H](N)CN3CCS(=O)(=O)CC3)CC[C@]3(C)[C@H](CC[C@@H]4[C@@]5(C)CC[C@H](OC(=O)[C@H]6C[C@@H](C(=O)O)C6(C)C)C(C)(C)[C@@H]5CC[C@]43C)[C@@H]12. The number of nitrogens with zero attached hydrogens (tertiary/aromatic N) is 1. The molecule has 0 aromatic carbocycles. The molecule has 54 heavy (non-hydrogen) atoms. The van der Waals surface area contributed by atoms with Crippen molar-refractivity contribution < 1.29 is 27.9 Å². The molecule has 0 radical (unpaired) electrons. The summed E-state index contributed by atoms with van der Waals surface area (Å²) in [4.78, 5) is 27.6. The van der Waals surface area contributed by atoms with Crippen LogP contribution in [0.4, 0.5) is 0 Å². The Hall–Kier alpha value is -1.49. The molecule has 13 atom stereocenters. The summed E-state index contributed by atoms with van der Waals surface area (Å²) in [5.41, 5.74) is 8.02. The molecule has 0 aromatic heterocycles. The first-order valence-electron chi connectivity index (χ1n) is 21.5. The minimum atomic E-state index is -2.91. The Bertz CT molecular complexity index is 1610. The predicted octanol–water partition coefficient (Wildman–Crippen LogP) is 6.70. The van der Waals surface area contributed by atoms with Gasteiger partial charge < -0.3 is 20.9 Å². The maximum Gasteiger partial charge on any atom is 0.309 e. The van der Waals surface area contributed by atoms with Crippen LogP contribution in [0.2, 0.25) is 0 Å². The van der Waals surface area contributed by atoms with Crippen molar-refractivity contribution in [3.05, 3.63) is 12.2 Å². The zero-order valence-electron chi connectivity index (χ0n) is 34.8. The standard InChI is InChI=1S/C44H73N3O6S/c1-27(2)29-12-17-44(46-25-28(45)26-47-20-22-54(51,52)23-21-47)19-18-42(8)30(36(29)44)10-11-34-41(7)15-14-35(40(5,6)33(41)13-16-43(34,42)9)53-38(50)32-24-31(37(48)49)39(32,3)4/h28-36,46H,1,10-26,45H2,2-9H3,(H,48,49)/t28-,29+,30-,31+,32-,33+,34-,35+,36-,41+,42-,43-,44+/m1/s1. The molecule has 0 spiro atoms. The molecule has 7 fully saturated rings. The van der Waals surface area contributed by atoms with E-state index in [1.54, 1.807) is 0 Å². The van der Waals surface area contributed by atoms with E-state index in [0.29, 0.717) is 49.1 Å². The van der Waals surface area contributed by atoms with Crippen molar-refractivity contribution in [3.63, 3.8) is 0 Å². The molecule has 7 aliphatic rings. The average molecular weight is 772 g/mol. The molecule has 10 heteroatoms. The van der Waals surface area contributed by atoms with Crippen molar-refractivity contribution in [2.24, 2.45) is 74.2 Å². The molecule has 0 bridgehead atoms. The first-order valence-corrected chi connectivity index (χ1v) is 23.4. The molecule has 1 aliphatic heterocycles. The van der Waals surface area contributed by atoms with Gasteiger partial charge in [-0.1, -0.05) is 60.6 Å². The van der Waals surface area contributed by atoms with E-state index in [2.05, 4.69) is 58.3 Å². The number of nitrogens with one attached hydrogen (secondary N) is 1. The molecule has 0 amide bonds. The van der Waals surface area contributed by atoms with E-state index in [1.807, 2.05) is 13.8 Å². The fraction of sp³-hybridized carbons (Fsp3) is 0.909. The molecule has 0 aromatic rings. The summed E-state index contributed by atoms with van der Waals surface area (Å²) in [7, 11) is -2.91. The van der Waals surface area contributed by atoms with Gasteiger partial charge in [-0.25, -0.2) is 8.42 Å². The van der Waals surface area contributed by atoms with Gasteiger partial charge in [0.15, 0.2) is 9.84 Å². The Kier molecular flexibility index (Phi) is 10.2. The topological polar surface area (TPSA) is 139 Å². The molecule has 1 saturated heterocycles. The van der Waals surface area contributed by atoms with Crippen molar-refractivity contribution in [2.75, 3.05) is 37.7 Å². The molecular weight excluding hydrogens is 699 g/mol. The van der Waals surface area contributed by atoms with Gasteiger partial charge in [0.05, 0.1) is 23.3 Å². The number of ether oxygens (including phenoxy) is 1. The molecule has 1 heterocycles. The third kappa shape index (κ3) is 6.18. The molecule has 6 saturated carbocycles. The fourth-order valence-corrected chi connectivity index (χ4v) is 16.5. The van der Waals surface area contributed by atoms with Gasteiger partial charge in [-0.05, 0) is 129 Å². The van der Waals surface area contributed by atoms with Gasteiger partial charge in [0, 0.05) is 43.2 Å². The molecule has 9 nitrogen and oxygen atoms in total. The molecule has 6 aliphatic carbocycles. The van der Waals surface area contributed by atoms with Gasteiger partial charge in [-0.3, -0.25) is 14.5 Å². The first kappa shape index (κ1) is 40.7. The zero-order chi connectivity index (χ0) is 39.4. The summed E-state index contributed by atoms with van der Waals surface area (Å²) < 4.78 is 30.4. The van der Waals surface area contributed by atoms with Crippen molar-refractivity contribution in [1.29, 1.82) is 0 Å². The van der Waals surface area contributed by atoms with Crippen LogP contribution in [0, 0.1) is 68.5 Å². The van der Waals surface area contributed by atoms with E-state index in [0.717, 1.165) is 38.8 Å². The highest BCUT2D eigenvalue weighted by molar-refractivity contribution is 7.91. The lowest BCUT2D eigenvalue weighted by Gasteiger charge is -2.73. The molecule has 7 rings (SSSR count). The molecule has 4 N–H and O–H groups in total. The fourth-order valence-electron chi connectivity index (χ4n) is 15.3. The lowest BCUT2D eigenvalue weighted by molar-refractivity contribution is -0.248. The second-order valence-corrected chi connectivity index (χ2v) is 24.0. The number of carbonyl (C=O) groups excluding carboxylic acids is 1. The van der Waals surface area contributed by atoms with Crippen molar-refractivity contribution >= 4 is 21.8 Å². The average Bonchev–Trinajstić information content (AvgIpc) is 3.46. The van der Waals surface area contributed by atoms with Crippen LogP contribution in [-0.2, 0) is 24.2 Å². The number of hydrogen-bond acceptors (Lipinski definition) is 8. The number of allylic oxidation sites excluding steroid dienone is 1. The number of hydrogen-bond donors (Lipinski definition) is 3. The number of rotatable bonds is 9. The number of aliphatic carboxylic acids is 1. The lowest BCUT2D eigenvalue weighted by atomic mass is 9.32. The van der Waals surface area contributed by atoms with Crippen LogP contribution in [0.5, 0.6) is 0 Å². The van der Waals surface area contributed by atoms with Crippen molar-refractivity contribution in [3.8, 4) is 0 Å². The number of nitrogens with two attached hydrogens (primary N) is 1. The maximum absolute atomic E-state index is 13.6. The van der Waals surface area contributed by atoms with Crippen molar-refractivity contribution in [1.82, 2.24) is 10.2 Å². The molecular formula is C44H73N3O6S. The van der Waals surface area contributed by atoms with E-state index in [9.17, 15) is 23.1 Å². The Balaban J connectivity index is 1.07. The monoisotopic (exact) mass is 772 g/mol. The number of carboxylic acids is 1. The van der Waals surface area contributed by atoms with Gasteiger partial charge >= 0.3 is 11.9 Å². The Labute approximate surface area is 326 Å². The Morgan fingerprint density at radius 1 is 0.870 bits per heavy atom. The number of carbonyl (C=O) groups is 2. The summed E-state index contributed by atoms with van der Waals surface area (Å²) in [6.07, 6.45) is 11.7. The lowest BCUT2D eigenvalue weighted by Crippen LogP contribution is -2.69. The number of esters is 1. The summed E-state index contributed by atoms with van der Waals surface area (Å²) in [6, 6.07) is -0.0406. The largest absolute Gasteiger partial charge is 0.481 e. The minimum absolute atomic E-state index is 0.0406. The number of fused-ring (bicyclic) bond motifs is 7. The van der Waals surface area contributed by atoms with Crippen LogP contribution >= 0.6 is 0 Å². The Morgan fingerprint density at radius 2 is 1.56 bits per heavy atom. The third-order valence-electron chi connectivity index (χ3n) is 18.8. The van der Waals surface area contributed by atoms with Crippen LogP contribution in [0.1, 0.15) is 126 Å². The van der Waals surface area contributed by atoms with E-state index in [4.69, 9.17) is 10.5 Å². The van der Waals surface area contributed by atoms with Crippen LogP contribution in [0.25, 0.3) is 0 Å². The van der Waals surface area contributed by atoms with Gasteiger partial charge in [0.2, 0.25) is 0 Å². The van der Waals surface area contributed by atoms with E-state index < -0.39 is 27.1 Å². The van der Waals surface area contributed by atoms with E-state index in [1.165, 1.54) is 44.1 Å². The number of carboxylic acid groups (broad SMARTS) is 1. The van der Waals surface area contributed by atoms with Crippen molar-refractivity contribution in [2.45, 2.75) is 144 Å². The zero-order valence-corrected chi connectivity index (χ0v) is 35.7. The molecule has 0 unspecified atom stereocenters. The van der Waals surface area contributed by atoms with Gasteiger partial charge in [-0.15, -0.1) is 0 Å². The Morgan fingerprint density at radius 3 is 2.19 bits per heavy atom. The quantitative estimate of drug-likeness (QED) is 0.173. The highest BCUT2D eigenvalue weighted by atomic mass is 32.2. The summed E-state index contributed by atoms with van der Waals surface area (Å²) >= 11 is 0. The second kappa shape index (κ2) is 13.5. The predicted molar refractivity (Wildman–Crippen MR) is 213 cm³/mol. The summed E-state index contributed by atoms with van der Waals surface area (Å²) in [5, 5.41) is 13.8. The highest BCUT2D eigenvalue weighted by Gasteiger charge is 2.71. The van der Waals surface area contributed by atoms with Crippen LogP contribution < -0.4 is 11.1 Å². The van der Waals surface area contributed by atoms with Crippen LogP contribution in [-0.4, -0.2) is 85.7 Å². The third-order valence-corrected chi connectivity index (χ3v) is 20.4. The summed E-state index contributed by atoms with van der Waals surface area (Å²) in [6.45, 7) is 25.9. The normalized spacial score (nSPS) is 46.8. The highest BCUT2D eigenvalue weighted by Crippen LogP contribution is 2.76. The minimum Gasteiger partial charge on any atom is -0.481 e. The summed E-state index contributed by atoms with van der Waals surface area (Å²) in [5.74, 6) is 1.33. The maximum atomic E-state index is 13.6. The number of sulfone groups is 1. The second-order valence-electron chi connectivity index (χ2n) is 21.7.